The summed E-state index contributed by atoms with van der Waals surface area (Å²) in [6, 6.07) is 4.97. The number of allylic oxidation sites excluding steroid dienone is 1. The molecule has 124 valence electrons. The second-order valence-corrected chi connectivity index (χ2v) is 7.67. The minimum absolute atomic E-state index is 0.333. The first kappa shape index (κ1) is 17.7. The summed E-state index contributed by atoms with van der Waals surface area (Å²) in [7, 11) is 0. The summed E-state index contributed by atoms with van der Waals surface area (Å²) in [4.78, 5) is 3.60. The summed E-state index contributed by atoms with van der Waals surface area (Å²) in [6.07, 6.45) is 5.18. The number of hydrogen-bond donors (Lipinski definition) is 2. The Hall–Kier alpha value is -0.680. The Balaban J connectivity index is 1.68. The predicted octanol–water partition coefficient (Wildman–Crippen LogP) is 3.58. The maximum Gasteiger partial charge on any atom is 0.0896 e. The summed E-state index contributed by atoms with van der Waals surface area (Å²) in [5.41, 5.74) is 1.40. The average Bonchev–Trinajstić information content (AvgIpc) is 3.00. The van der Waals surface area contributed by atoms with E-state index in [1.165, 1.54) is 31.5 Å². The summed E-state index contributed by atoms with van der Waals surface area (Å²) >= 11 is 1.64. The van der Waals surface area contributed by atoms with Crippen molar-refractivity contribution in [1.82, 2.24) is 10.2 Å². The number of nitrogens with zero attached hydrogens (tertiary/aromatic N) is 1. The van der Waals surface area contributed by atoms with Crippen molar-refractivity contribution in [3.8, 4) is 0 Å². The zero-order valence-electron chi connectivity index (χ0n) is 14.1. The second-order valence-electron chi connectivity index (χ2n) is 6.69. The Morgan fingerprint density at radius 1 is 1.45 bits per heavy atom. The van der Waals surface area contributed by atoms with Crippen LogP contribution in [0.1, 0.15) is 51.0 Å². The molecular weight excluding hydrogens is 292 g/mol. The molecule has 0 aromatic carbocycles. The molecule has 0 amide bonds. The molecule has 0 bridgehead atoms. The lowest BCUT2D eigenvalue weighted by Gasteiger charge is -2.33. The molecule has 0 saturated carbocycles. The van der Waals surface area contributed by atoms with Gasteiger partial charge in [0.15, 0.2) is 0 Å². The van der Waals surface area contributed by atoms with E-state index in [2.05, 4.69) is 37.1 Å². The van der Waals surface area contributed by atoms with Crippen LogP contribution in [0, 0.1) is 0 Å². The fourth-order valence-electron chi connectivity index (χ4n) is 3.00. The molecule has 22 heavy (non-hydrogen) atoms. The Bertz CT molecular complexity index is 446. The SMILES string of the molecule is CC(C)=CCN1CCC(NC(C)CC(O)c2cccs2)CC1. The van der Waals surface area contributed by atoms with Crippen molar-refractivity contribution in [3.05, 3.63) is 34.0 Å². The molecule has 4 heteroatoms. The minimum atomic E-state index is -0.333. The van der Waals surface area contributed by atoms with Gasteiger partial charge in [0.05, 0.1) is 6.10 Å². The van der Waals surface area contributed by atoms with Gasteiger partial charge < -0.3 is 10.4 Å². The number of likely N-dealkylation sites (tertiary alicyclic amines) is 1. The Morgan fingerprint density at radius 3 is 2.77 bits per heavy atom. The van der Waals surface area contributed by atoms with Crippen LogP contribution in [0.25, 0.3) is 0 Å². The highest BCUT2D eigenvalue weighted by Gasteiger charge is 2.21. The van der Waals surface area contributed by atoms with Crippen LogP contribution < -0.4 is 5.32 Å². The molecule has 0 aliphatic carbocycles. The van der Waals surface area contributed by atoms with Crippen LogP contribution in [0.3, 0.4) is 0 Å². The normalized spacial score (nSPS) is 19.8. The van der Waals surface area contributed by atoms with E-state index in [1.54, 1.807) is 11.3 Å². The second kappa shape index (κ2) is 8.82. The van der Waals surface area contributed by atoms with Gasteiger partial charge in [-0.15, -0.1) is 11.3 Å². The number of nitrogens with one attached hydrogen (secondary N) is 1. The molecule has 1 aliphatic heterocycles. The van der Waals surface area contributed by atoms with Crippen molar-refractivity contribution in [2.24, 2.45) is 0 Å². The van der Waals surface area contributed by atoms with Gasteiger partial charge in [-0.05, 0) is 64.6 Å². The molecule has 1 saturated heterocycles. The van der Waals surface area contributed by atoms with Crippen LogP contribution >= 0.6 is 11.3 Å². The number of hydrogen-bond acceptors (Lipinski definition) is 4. The fourth-order valence-corrected chi connectivity index (χ4v) is 3.72. The predicted molar refractivity (Wildman–Crippen MR) is 95.4 cm³/mol. The molecule has 2 atom stereocenters. The molecule has 2 heterocycles. The molecule has 1 fully saturated rings. The molecule has 2 rings (SSSR count). The van der Waals surface area contributed by atoms with Gasteiger partial charge >= 0.3 is 0 Å². The van der Waals surface area contributed by atoms with E-state index < -0.39 is 0 Å². The maximum atomic E-state index is 10.2. The number of thiophene rings is 1. The van der Waals surface area contributed by atoms with Crippen LogP contribution in [0.15, 0.2) is 29.2 Å². The molecule has 1 aliphatic rings. The number of aliphatic hydroxyl groups excluding tert-OH is 1. The topological polar surface area (TPSA) is 35.5 Å². The van der Waals surface area contributed by atoms with Crippen molar-refractivity contribution in [2.45, 2.75) is 58.2 Å². The molecule has 0 spiro atoms. The third-order valence-corrected chi connectivity index (χ3v) is 5.29. The van der Waals surface area contributed by atoms with E-state index in [4.69, 9.17) is 0 Å². The molecule has 2 unspecified atom stereocenters. The highest BCUT2D eigenvalue weighted by Crippen LogP contribution is 2.23. The number of piperidine rings is 1. The van der Waals surface area contributed by atoms with Gasteiger partial charge in [-0.1, -0.05) is 17.7 Å². The van der Waals surface area contributed by atoms with Crippen molar-refractivity contribution in [2.75, 3.05) is 19.6 Å². The highest BCUT2D eigenvalue weighted by molar-refractivity contribution is 7.10. The monoisotopic (exact) mass is 322 g/mol. The molecular formula is C18H30N2OS. The van der Waals surface area contributed by atoms with Crippen LogP contribution in [0.2, 0.25) is 0 Å². The largest absolute Gasteiger partial charge is 0.388 e. The van der Waals surface area contributed by atoms with Crippen LogP contribution in [-0.2, 0) is 0 Å². The van der Waals surface area contributed by atoms with Crippen LogP contribution in [0.4, 0.5) is 0 Å². The van der Waals surface area contributed by atoms with Crippen molar-refractivity contribution >= 4 is 11.3 Å². The lowest BCUT2D eigenvalue weighted by atomic mass is 10.0. The van der Waals surface area contributed by atoms with Crippen LogP contribution in [-0.4, -0.2) is 41.7 Å². The summed E-state index contributed by atoms with van der Waals surface area (Å²) in [6.45, 7) is 9.93. The number of aliphatic hydroxyl groups is 1. The molecule has 2 N–H and O–H groups in total. The van der Waals surface area contributed by atoms with Crippen molar-refractivity contribution in [3.63, 3.8) is 0 Å². The first-order chi connectivity index (χ1) is 10.5. The van der Waals surface area contributed by atoms with E-state index in [0.29, 0.717) is 12.1 Å². The van der Waals surface area contributed by atoms with E-state index in [1.807, 2.05) is 17.5 Å². The van der Waals surface area contributed by atoms with E-state index >= 15 is 0 Å². The minimum Gasteiger partial charge on any atom is -0.388 e. The van der Waals surface area contributed by atoms with E-state index in [9.17, 15) is 5.11 Å². The lowest BCUT2D eigenvalue weighted by molar-refractivity contribution is 0.147. The third-order valence-electron chi connectivity index (χ3n) is 4.31. The summed E-state index contributed by atoms with van der Waals surface area (Å²) < 4.78 is 0. The molecule has 1 aromatic rings. The summed E-state index contributed by atoms with van der Waals surface area (Å²) in [5.74, 6) is 0. The first-order valence-corrected chi connectivity index (χ1v) is 9.25. The van der Waals surface area contributed by atoms with Crippen molar-refractivity contribution < 1.29 is 5.11 Å². The maximum absolute atomic E-state index is 10.2. The van der Waals surface area contributed by atoms with E-state index in [-0.39, 0.29) is 6.10 Å². The molecule has 1 aromatic heterocycles. The highest BCUT2D eigenvalue weighted by atomic mass is 32.1. The zero-order valence-corrected chi connectivity index (χ0v) is 14.9. The van der Waals surface area contributed by atoms with Crippen molar-refractivity contribution in [1.29, 1.82) is 0 Å². The standard InChI is InChI=1S/C18H30N2OS/c1-14(2)6-9-20-10-7-16(8-11-20)19-15(3)13-17(21)18-5-4-12-22-18/h4-6,12,15-17,19,21H,7-11,13H2,1-3H3. The first-order valence-electron chi connectivity index (χ1n) is 8.38. The number of rotatable bonds is 7. The van der Waals surface area contributed by atoms with Gasteiger partial charge in [0.25, 0.3) is 0 Å². The smallest absolute Gasteiger partial charge is 0.0896 e. The Kier molecular flexibility index (Phi) is 7.09. The fraction of sp³-hybridized carbons (Fsp3) is 0.667. The lowest BCUT2D eigenvalue weighted by Crippen LogP contribution is -2.45. The van der Waals surface area contributed by atoms with Gasteiger partial charge in [-0.25, -0.2) is 0 Å². The molecule has 0 radical (unpaired) electrons. The van der Waals surface area contributed by atoms with E-state index in [0.717, 1.165) is 17.8 Å². The molecule has 3 nitrogen and oxygen atoms in total. The summed E-state index contributed by atoms with van der Waals surface area (Å²) in [5, 5.41) is 16.0. The van der Waals surface area contributed by atoms with Gasteiger partial charge in [-0.3, -0.25) is 4.90 Å². The van der Waals surface area contributed by atoms with Crippen LogP contribution in [0.5, 0.6) is 0 Å². The van der Waals surface area contributed by atoms with Gasteiger partial charge in [0.2, 0.25) is 0 Å². The third kappa shape index (κ3) is 5.84. The van der Waals surface area contributed by atoms with Gasteiger partial charge in [-0.2, -0.15) is 0 Å². The van der Waals surface area contributed by atoms with Gasteiger partial charge in [0.1, 0.15) is 0 Å². The van der Waals surface area contributed by atoms with Gasteiger partial charge in [0, 0.05) is 23.5 Å². The Labute approximate surface area is 139 Å². The quantitative estimate of drug-likeness (QED) is 0.753. The Morgan fingerprint density at radius 2 is 2.18 bits per heavy atom. The average molecular weight is 323 g/mol. The zero-order chi connectivity index (χ0) is 15.9.